The largest absolute Gasteiger partial charge is 0.279 e. The molecule has 1 amide bonds. The Kier molecular flexibility index (Phi) is 5.14. The molecule has 5 rings (SSSR count). The highest BCUT2D eigenvalue weighted by Gasteiger charge is 2.23. The van der Waals surface area contributed by atoms with Crippen molar-refractivity contribution in [2.24, 2.45) is 0 Å². The van der Waals surface area contributed by atoms with Crippen LogP contribution in [0.2, 0.25) is 5.02 Å². The van der Waals surface area contributed by atoms with E-state index in [4.69, 9.17) is 16.6 Å². The maximum atomic E-state index is 13.8. The fraction of sp³-hybridized carbons (Fsp3) is 0.0800. The van der Waals surface area contributed by atoms with Crippen LogP contribution in [0, 0.1) is 6.92 Å². The number of carbonyl (C=O) groups excluding carboxylic acids is 1. The van der Waals surface area contributed by atoms with E-state index >= 15 is 0 Å². The molecule has 2 heterocycles. The highest BCUT2D eigenvalue weighted by Crippen LogP contribution is 2.35. The van der Waals surface area contributed by atoms with Crippen LogP contribution in [0.15, 0.2) is 79.1 Å². The third-order valence-corrected chi connectivity index (χ3v) is 6.47. The molecule has 6 heteroatoms. The lowest BCUT2D eigenvalue weighted by molar-refractivity contribution is 0.0986. The highest BCUT2D eigenvalue weighted by atomic mass is 35.5. The van der Waals surface area contributed by atoms with E-state index in [-0.39, 0.29) is 5.91 Å². The van der Waals surface area contributed by atoms with E-state index in [2.05, 4.69) is 4.98 Å². The second-order valence-corrected chi connectivity index (χ2v) is 8.78. The van der Waals surface area contributed by atoms with Gasteiger partial charge in [0.25, 0.3) is 5.91 Å². The summed E-state index contributed by atoms with van der Waals surface area (Å²) in [7, 11) is 0. The SMILES string of the molecule is Cc1cc(Cl)cc2sc(N(Cc3ccncc3)C(=O)c3cccc4ccccc34)nc12. The van der Waals surface area contributed by atoms with Gasteiger partial charge in [0.15, 0.2) is 5.13 Å². The van der Waals surface area contributed by atoms with Gasteiger partial charge in [-0.15, -0.1) is 0 Å². The van der Waals surface area contributed by atoms with Gasteiger partial charge in [0, 0.05) is 23.0 Å². The summed E-state index contributed by atoms with van der Waals surface area (Å²) >= 11 is 7.73. The van der Waals surface area contributed by atoms with Gasteiger partial charge in [0.2, 0.25) is 0 Å². The molecule has 0 aliphatic carbocycles. The van der Waals surface area contributed by atoms with Crippen molar-refractivity contribution in [3.05, 3.63) is 101 Å². The standard InChI is InChI=1S/C25H18ClN3OS/c1-16-13-19(26)14-22-23(16)28-25(31-22)29(15-17-9-11-27-12-10-17)24(30)21-8-4-6-18-5-2-3-7-20(18)21/h2-14H,15H2,1H3. The molecule has 3 aromatic carbocycles. The number of amides is 1. The number of aromatic nitrogens is 2. The number of rotatable bonds is 4. The zero-order chi connectivity index (χ0) is 21.4. The van der Waals surface area contributed by atoms with Crippen LogP contribution in [0.25, 0.3) is 21.0 Å². The quantitative estimate of drug-likeness (QED) is 0.312. The first-order valence-corrected chi connectivity index (χ1v) is 11.0. The van der Waals surface area contributed by atoms with Crippen molar-refractivity contribution in [1.29, 1.82) is 0 Å². The number of nitrogens with zero attached hydrogens (tertiary/aromatic N) is 3. The van der Waals surface area contributed by atoms with Gasteiger partial charge in [-0.05, 0) is 59.2 Å². The lowest BCUT2D eigenvalue weighted by Gasteiger charge is -2.21. The minimum absolute atomic E-state index is 0.0866. The van der Waals surface area contributed by atoms with Gasteiger partial charge in [0.05, 0.1) is 16.8 Å². The van der Waals surface area contributed by atoms with Crippen molar-refractivity contribution < 1.29 is 4.79 Å². The molecule has 0 aliphatic heterocycles. The Hall–Kier alpha value is -3.28. The molecule has 0 saturated carbocycles. The molecular formula is C25H18ClN3OS. The molecule has 152 valence electrons. The Morgan fingerprint density at radius 3 is 2.65 bits per heavy atom. The number of hydrogen-bond acceptors (Lipinski definition) is 4. The summed E-state index contributed by atoms with van der Waals surface area (Å²) in [6, 6.07) is 21.4. The summed E-state index contributed by atoms with van der Waals surface area (Å²) in [6.07, 6.45) is 3.47. The minimum Gasteiger partial charge on any atom is -0.279 e. The summed E-state index contributed by atoms with van der Waals surface area (Å²) < 4.78 is 0.963. The lowest BCUT2D eigenvalue weighted by atomic mass is 10.0. The second-order valence-electron chi connectivity index (χ2n) is 7.34. The van der Waals surface area contributed by atoms with Crippen molar-refractivity contribution in [1.82, 2.24) is 9.97 Å². The van der Waals surface area contributed by atoms with Gasteiger partial charge < -0.3 is 0 Å². The van der Waals surface area contributed by atoms with Crippen LogP contribution in [0.3, 0.4) is 0 Å². The topological polar surface area (TPSA) is 46.1 Å². The van der Waals surface area contributed by atoms with Crippen LogP contribution in [0.5, 0.6) is 0 Å². The fourth-order valence-electron chi connectivity index (χ4n) is 3.71. The zero-order valence-corrected chi connectivity index (χ0v) is 18.3. The molecule has 0 spiro atoms. The van der Waals surface area contributed by atoms with E-state index in [1.807, 2.05) is 73.7 Å². The van der Waals surface area contributed by atoms with Crippen molar-refractivity contribution in [3.8, 4) is 0 Å². The number of halogens is 1. The Balaban J connectivity index is 1.65. The molecule has 0 unspecified atom stereocenters. The smallest absolute Gasteiger partial charge is 0.261 e. The highest BCUT2D eigenvalue weighted by molar-refractivity contribution is 7.22. The Morgan fingerprint density at radius 1 is 1.03 bits per heavy atom. The monoisotopic (exact) mass is 443 g/mol. The molecule has 4 nitrogen and oxygen atoms in total. The Bertz CT molecular complexity index is 1410. The molecular weight excluding hydrogens is 426 g/mol. The zero-order valence-electron chi connectivity index (χ0n) is 16.7. The summed E-state index contributed by atoms with van der Waals surface area (Å²) in [6.45, 7) is 2.38. The molecule has 0 bridgehead atoms. The lowest BCUT2D eigenvalue weighted by Crippen LogP contribution is -2.30. The van der Waals surface area contributed by atoms with Gasteiger partial charge in [-0.2, -0.15) is 0 Å². The number of carbonyl (C=O) groups is 1. The molecule has 0 radical (unpaired) electrons. The number of thiazole rings is 1. The first-order chi connectivity index (χ1) is 15.1. The van der Waals surface area contributed by atoms with Crippen LogP contribution in [0.4, 0.5) is 5.13 Å². The number of anilines is 1. The molecule has 0 fully saturated rings. The van der Waals surface area contributed by atoms with Crippen LogP contribution >= 0.6 is 22.9 Å². The minimum atomic E-state index is -0.0866. The number of fused-ring (bicyclic) bond motifs is 2. The number of hydrogen-bond donors (Lipinski definition) is 0. The predicted molar refractivity (Wildman–Crippen MR) is 128 cm³/mol. The van der Waals surface area contributed by atoms with E-state index in [1.54, 1.807) is 17.3 Å². The van der Waals surface area contributed by atoms with Crippen LogP contribution in [-0.4, -0.2) is 15.9 Å². The van der Waals surface area contributed by atoms with Gasteiger partial charge >= 0.3 is 0 Å². The predicted octanol–water partition coefficient (Wildman–Crippen LogP) is 6.65. The van der Waals surface area contributed by atoms with Crippen LogP contribution in [-0.2, 0) is 6.54 Å². The summed E-state index contributed by atoms with van der Waals surface area (Å²) in [5, 5.41) is 3.27. The number of aryl methyl sites for hydroxylation is 1. The fourth-order valence-corrected chi connectivity index (χ4v) is 5.13. The second kappa shape index (κ2) is 8.10. The summed E-state index contributed by atoms with van der Waals surface area (Å²) in [4.78, 5) is 24.5. The summed E-state index contributed by atoms with van der Waals surface area (Å²) in [5.74, 6) is -0.0866. The summed E-state index contributed by atoms with van der Waals surface area (Å²) in [5.41, 5.74) is 3.50. The van der Waals surface area contributed by atoms with Gasteiger partial charge in [-0.3, -0.25) is 14.7 Å². The van der Waals surface area contributed by atoms with Gasteiger partial charge in [0.1, 0.15) is 0 Å². The van der Waals surface area contributed by atoms with E-state index in [0.29, 0.717) is 22.3 Å². The maximum Gasteiger partial charge on any atom is 0.261 e. The van der Waals surface area contributed by atoms with Crippen molar-refractivity contribution in [3.63, 3.8) is 0 Å². The van der Waals surface area contributed by atoms with Gasteiger partial charge in [-0.25, -0.2) is 4.98 Å². The van der Waals surface area contributed by atoms with Gasteiger partial charge in [-0.1, -0.05) is 59.3 Å². The molecule has 2 aromatic heterocycles. The average molecular weight is 444 g/mol. The van der Waals surface area contributed by atoms with Crippen molar-refractivity contribution >= 4 is 55.0 Å². The molecule has 0 N–H and O–H groups in total. The number of pyridine rings is 1. The van der Waals surface area contributed by atoms with E-state index in [1.165, 1.54) is 11.3 Å². The van der Waals surface area contributed by atoms with Crippen molar-refractivity contribution in [2.75, 3.05) is 4.90 Å². The van der Waals surface area contributed by atoms with Crippen LogP contribution in [0.1, 0.15) is 21.5 Å². The molecule has 0 atom stereocenters. The third-order valence-electron chi connectivity index (χ3n) is 5.23. The molecule has 31 heavy (non-hydrogen) atoms. The Morgan fingerprint density at radius 2 is 1.81 bits per heavy atom. The van der Waals surface area contributed by atoms with E-state index in [0.717, 1.165) is 32.1 Å². The first kappa shape index (κ1) is 19.7. The third kappa shape index (κ3) is 3.78. The van der Waals surface area contributed by atoms with E-state index in [9.17, 15) is 4.79 Å². The van der Waals surface area contributed by atoms with E-state index < -0.39 is 0 Å². The normalized spacial score (nSPS) is 11.2. The molecule has 0 saturated heterocycles. The molecule has 5 aromatic rings. The average Bonchev–Trinajstić information content (AvgIpc) is 3.21. The number of benzene rings is 3. The first-order valence-electron chi connectivity index (χ1n) is 9.85. The van der Waals surface area contributed by atoms with Crippen molar-refractivity contribution in [2.45, 2.75) is 13.5 Å². The molecule has 0 aliphatic rings. The Labute approximate surface area is 188 Å². The van der Waals surface area contributed by atoms with Crippen LogP contribution < -0.4 is 4.90 Å². The maximum absolute atomic E-state index is 13.8.